The number of halogens is 1. The fourth-order valence-corrected chi connectivity index (χ4v) is 3.86. The number of carbonyl (C=O) groups excluding carboxylic acids is 1. The van der Waals surface area contributed by atoms with Crippen LogP contribution >= 0.6 is 11.6 Å². The van der Waals surface area contributed by atoms with E-state index in [1.807, 2.05) is 0 Å². The molecular weight excluding hydrogens is 410 g/mol. The maximum absolute atomic E-state index is 12.5. The maximum Gasteiger partial charge on any atom is 0.270 e. The summed E-state index contributed by atoms with van der Waals surface area (Å²) >= 11 is 5.97. The zero-order chi connectivity index (χ0) is 21.1. The number of ether oxygens (including phenoxy) is 1. The first kappa shape index (κ1) is 21.6. The monoisotopic (exact) mass is 427 g/mol. The Balaban J connectivity index is 2.38. The van der Waals surface area contributed by atoms with Gasteiger partial charge in [-0.15, -0.1) is 0 Å². The lowest BCUT2D eigenvalue weighted by molar-refractivity contribution is -0.384. The van der Waals surface area contributed by atoms with Crippen LogP contribution in [-0.2, 0) is 10.0 Å². The number of nitrogens with zero attached hydrogens (tertiary/aromatic N) is 1. The van der Waals surface area contributed by atoms with Gasteiger partial charge < -0.3 is 10.1 Å². The van der Waals surface area contributed by atoms with Crippen LogP contribution in [0.15, 0.2) is 41.3 Å². The van der Waals surface area contributed by atoms with Gasteiger partial charge >= 0.3 is 0 Å². The Morgan fingerprint density at radius 2 is 1.89 bits per heavy atom. The van der Waals surface area contributed by atoms with Crippen LogP contribution in [-0.4, -0.2) is 32.4 Å². The zero-order valence-electron chi connectivity index (χ0n) is 15.2. The van der Waals surface area contributed by atoms with Gasteiger partial charge in [-0.1, -0.05) is 11.6 Å². The van der Waals surface area contributed by atoms with Gasteiger partial charge in [-0.3, -0.25) is 14.9 Å². The Hall–Kier alpha value is -2.69. The Labute approximate surface area is 166 Å². The summed E-state index contributed by atoms with van der Waals surface area (Å²) in [6, 6.07) is 7.10. The fourth-order valence-electron chi connectivity index (χ4n) is 2.32. The molecule has 0 aliphatic rings. The van der Waals surface area contributed by atoms with Crippen molar-refractivity contribution in [1.29, 1.82) is 0 Å². The molecule has 0 atom stereocenters. The van der Waals surface area contributed by atoms with Gasteiger partial charge in [0.1, 0.15) is 5.75 Å². The van der Waals surface area contributed by atoms with Crippen molar-refractivity contribution in [1.82, 2.24) is 4.72 Å². The number of benzene rings is 2. The Morgan fingerprint density at radius 1 is 1.21 bits per heavy atom. The molecule has 2 aromatic rings. The van der Waals surface area contributed by atoms with E-state index in [9.17, 15) is 23.3 Å². The van der Waals surface area contributed by atoms with Crippen molar-refractivity contribution >= 4 is 38.9 Å². The molecule has 2 rings (SSSR count). The molecule has 1 amide bonds. The minimum atomic E-state index is -3.79. The van der Waals surface area contributed by atoms with Gasteiger partial charge in [0.2, 0.25) is 10.0 Å². The summed E-state index contributed by atoms with van der Waals surface area (Å²) in [7, 11) is -2.42. The average Bonchev–Trinajstić information content (AvgIpc) is 2.60. The molecular formula is C17H18ClN3O6S. The van der Waals surface area contributed by atoms with Crippen LogP contribution in [0.3, 0.4) is 0 Å². The highest BCUT2D eigenvalue weighted by Crippen LogP contribution is 2.29. The summed E-state index contributed by atoms with van der Waals surface area (Å²) in [5.41, 5.74) is -0.164. The standard InChI is InChI=1S/C17H18ClN3O6S/c1-10(2)20-28(25,26)12-5-7-16(27-3)15(9-12)19-17(22)13-6-4-11(21(23)24)8-14(13)18/h4-10,20H,1-3H3,(H,19,22). The third-order valence-corrected chi connectivity index (χ3v) is 5.50. The van der Waals surface area contributed by atoms with Gasteiger partial charge in [-0.05, 0) is 38.1 Å². The van der Waals surface area contributed by atoms with E-state index in [-0.39, 0.29) is 38.6 Å². The predicted octanol–water partition coefficient (Wildman–Crippen LogP) is 3.20. The topological polar surface area (TPSA) is 128 Å². The number of nitro benzene ring substituents is 1. The number of sulfonamides is 1. The predicted molar refractivity (Wildman–Crippen MR) is 105 cm³/mol. The zero-order valence-corrected chi connectivity index (χ0v) is 16.8. The van der Waals surface area contributed by atoms with Crippen LogP contribution < -0.4 is 14.8 Å². The molecule has 0 saturated carbocycles. The number of rotatable bonds is 7. The third kappa shape index (κ3) is 4.97. The van der Waals surface area contributed by atoms with Crippen LogP contribution in [0.2, 0.25) is 5.02 Å². The average molecular weight is 428 g/mol. The van der Waals surface area contributed by atoms with E-state index in [0.717, 1.165) is 12.1 Å². The van der Waals surface area contributed by atoms with Gasteiger partial charge in [0.15, 0.2) is 0 Å². The number of amides is 1. The number of hydrogen-bond acceptors (Lipinski definition) is 6. The van der Waals surface area contributed by atoms with Crippen molar-refractivity contribution < 1.29 is 22.9 Å². The quantitative estimate of drug-likeness (QED) is 0.515. The van der Waals surface area contributed by atoms with Crippen LogP contribution in [0.25, 0.3) is 0 Å². The molecule has 0 radical (unpaired) electrons. The summed E-state index contributed by atoms with van der Waals surface area (Å²) in [6.07, 6.45) is 0. The minimum absolute atomic E-state index is 0.0112. The molecule has 9 nitrogen and oxygen atoms in total. The van der Waals surface area contributed by atoms with E-state index >= 15 is 0 Å². The molecule has 0 unspecified atom stereocenters. The number of non-ortho nitro benzene ring substituents is 1. The smallest absolute Gasteiger partial charge is 0.270 e. The Kier molecular flexibility index (Phi) is 6.60. The lowest BCUT2D eigenvalue weighted by atomic mass is 10.2. The largest absolute Gasteiger partial charge is 0.495 e. The molecule has 0 heterocycles. The molecule has 11 heteroatoms. The van der Waals surface area contributed by atoms with Crippen LogP contribution in [0, 0.1) is 10.1 Å². The molecule has 28 heavy (non-hydrogen) atoms. The van der Waals surface area contributed by atoms with Crippen molar-refractivity contribution in [3.8, 4) is 5.75 Å². The molecule has 0 saturated heterocycles. The molecule has 0 aromatic heterocycles. The van der Waals surface area contributed by atoms with Crippen molar-refractivity contribution in [3.05, 3.63) is 57.1 Å². The SMILES string of the molecule is COc1ccc(S(=O)(=O)NC(C)C)cc1NC(=O)c1ccc([N+](=O)[O-])cc1Cl. The summed E-state index contributed by atoms with van der Waals surface area (Å²) < 4.78 is 32.3. The molecule has 0 spiro atoms. The highest BCUT2D eigenvalue weighted by molar-refractivity contribution is 7.89. The highest BCUT2D eigenvalue weighted by atomic mass is 35.5. The number of nitro groups is 1. The second-order valence-electron chi connectivity index (χ2n) is 6.01. The van der Waals surface area contributed by atoms with E-state index in [1.165, 1.54) is 31.4 Å². The normalized spacial score (nSPS) is 11.3. The molecule has 0 aliphatic carbocycles. The van der Waals surface area contributed by atoms with Gasteiger partial charge in [-0.25, -0.2) is 13.1 Å². The van der Waals surface area contributed by atoms with Crippen molar-refractivity contribution in [2.24, 2.45) is 0 Å². The first-order valence-electron chi connectivity index (χ1n) is 8.01. The fraction of sp³-hybridized carbons (Fsp3) is 0.235. The molecule has 0 fully saturated rings. The van der Waals surface area contributed by atoms with E-state index in [4.69, 9.17) is 16.3 Å². The van der Waals surface area contributed by atoms with E-state index in [2.05, 4.69) is 10.0 Å². The summed E-state index contributed by atoms with van der Waals surface area (Å²) in [5, 5.41) is 13.2. The number of hydrogen-bond donors (Lipinski definition) is 2. The maximum atomic E-state index is 12.5. The molecule has 150 valence electrons. The summed E-state index contributed by atoms with van der Waals surface area (Å²) in [6.45, 7) is 3.36. The number of methoxy groups -OCH3 is 1. The lowest BCUT2D eigenvalue weighted by Gasteiger charge is -2.14. The van der Waals surface area contributed by atoms with Gasteiger partial charge in [-0.2, -0.15) is 0 Å². The Bertz CT molecular complexity index is 1020. The summed E-state index contributed by atoms with van der Waals surface area (Å²) in [5.74, 6) is -0.445. The highest BCUT2D eigenvalue weighted by Gasteiger charge is 2.20. The number of anilines is 1. The van der Waals surface area contributed by atoms with E-state index < -0.39 is 20.9 Å². The molecule has 0 aliphatic heterocycles. The van der Waals surface area contributed by atoms with Crippen LogP contribution in [0.5, 0.6) is 5.75 Å². The molecule has 2 N–H and O–H groups in total. The van der Waals surface area contributed by atoms with Gasteiger partial charge in [0.05, 0.1) is 33.2 Å². The van der Waals surface area contributed by atoms with Crippen LogP contribution in [0.1, 0.15) is 24.2 Å². The summed E-state index contributed by atoms with van der Waals surface area (Å²) in [4.78, 5) is 22.6. The van der Waals surface area contributed by atoms with E-state index in [1.54, 1.807) is 13.8 Å². The first-order chi connectivity index (χ1) is 13.0. The number of carbonyl (C=O) groups is 1. The lowest BCUT2D eigenvalue weighted by Crippen LogP contribution is -2.30. The van der Waals surface area contributed by atoms with Crippen molar-refractivity contribution in [3.63, 3.8) is 0 Å². The van der Waals surface area contributed by atoms with Gasteiger partial charge in [0.25, 0.3) is 11.6 Å². The molecule has 0 bridgehead atoms. The molecule has 2 aromatic carbocycles. The van der Waals surface area contributed by atoms with Crippen LogP contribution in [0.4, 0.5) is 11.4 Å². The minimum Gasteiger partial charge on any atom is -0.495 e. The second kappa shape index (κ2) is 8.55. The Morgan fingerprint density at radius 3 is 2.43 bits per heavy atom. The van der Waals surface area contributed by atoms with Gasteiger partial charge in [0, 0.05) is 18.2 Å². The second-order valence-corrected chi connectivity index (χ2v) is 8.13. The first-order valence-corrected chi connectivity index (χ1v) is 9.87. The van der Waals surface area contributed by atoms with Crippen molar-refractivity contribution in [2.45, 2.75) is 24.8 Å². The number of nitrogens with one attached hydrogen (secondary N) is 2. The van der Waals surface area contributed by atoms with Crippen molar-refractivity contribution in [2.75, 3.05) is 12.4 Å². The van der Waals surface area contributed by atoms with E-state index in [0.29, 0.717) is 0 Å². The third-order valence-electron chi connectivity index (χ3n) is 3.53.